The Hall–Kier alpha value is -1.94. The van der Waals surface area contributed by atoms with E-state index in [1.54, 1.807) is 24.3 Å². The van der Waals surface area contributed by atoms with Gasteiger partial charge in [-0.1, -0.05) is 11.6 Å². The molecule has 0 saturated carbocycles. The van der Waals surface area contributed by atoms with Gasteiger partial charge in [0.15, 0.2) is 0 Å². The van der Waals surface area contributed by atoms with E-state index in [2.05, 4.69) is 15.3 Å². The normalized spacial score (nSPS) is 10.2. The third kappa shape index (κ3) is 3.05. The Kier molecular flexibility index (Phi) is 3.58. The number of pyridine rings is 2. The first-order chi connectivity index (χ1) is 8.54. The number of anilines is 1. The Morgan fingerprint density at radius 2 is 1.89 bits per heavy atom. The monoisotopic (exact) mass is 261 g/mol. The summed E-state index contributed by atoms with van der Waals surface area (Å²) in [6.45, 7) is 3.76. The van der Waals surface area contributed by atoms with Crippen molar-refractivity contribution >= 4 is 23.2 Å². The molecule has 1 amide bonds. The van der Waals surface area contributed by atoms with Crippen LogP contribution in [-0.2, 0) is 0 Å². The predicted molar refractivity (Wildman–Crippen MR) is 70.9 cm³/mol. The average molecular weight is 262 g/mol. The maximum Gasteiger partial charge on any atom is 0.274 e. The molecule has 2 aromatic rings. The van der Waals surface area contributed by atoms with Gasteiger partial charge in [0, 0.05) is 23.3 Å². The lowest BCUT2D eigenvalue weighted by molar-refractivity contribution is 0.102. The second-order valence-electron chi connectivity index (χ2n) is 3.95. The molecule has 0 radical (unpaired) electrons. The van der Waals surface area contributed by atoms with Crippen molar-refractivity contribution in [2.24, 2.45) is 0 Å². The number of aryl methyl sites for hydroxylation is 2. The van der Waals surface area contributed by atoms with Crippen LogP contribution < -0.4 is 5.32 Å². The molecule has 2 aromatic heterocycles. The van der Waals surface area contributed by atoms with E-state index in [-0.39, 0.29) is 5.91 Å². The van der Waals surface area contributed by atoms with E-state index in [1.165, 1.54) is 6.20 Å². The standard InChI is InChI=1S/C13H12ClN3O/c1-8-5-11(6-9(2)16-8)17-13(18)12-4-3-10(14)7-15-12/h3-7H,1-2H3,(H,16,17,18). The Balaban J connectivity index is 2.18. The third-order valence-corrected chi connectivity index (χ3v) is 2.52. The summed E-state index contributed by atoms with van der Waals surface area (Å²) in [6.07, 6.45) is 1.44. The minimum atomic E-state index is -0.267. The molecule has 2 rings (SSSR count). The number of halogens is 1. The lowest BCUT2D eigenvalue weighted by Gasteiger charge is -2.06. The van der Waals surface area contributed by atoms with E-state index >= 15 is 0 Å². The van der Waals surface area contributed by atoms with Gasteiger partial charge in [-0.05, 0) is 38.1 Å². The van der Waals surface area contributed by atoms with Crippen LogP contribution in [0.15, 0.2) is 30.5 Å². The Morgan fingerprint density at radius 1 is 1.22 bits per heavy atom. The molecule has 0 fully saturated rings. The van der Waals surface area contributed by atoms with Crippen LogP contribution in [0.2, 0.25) is 5.02 Å². The number of amides is 1. The van der Waals surface area contributed by atoms with Crippen LogP contribution in [0.4, 0.5) is 5.69 Å². The highest BCUT2D eigenvalue weighted by molar-refractivity contribution is 6.30. The highest BCUT2D eigenvalue weighted by Crippen LogP contribution is 2.12. The zero-order valence-corrected chi connectivity index (χ0v) is 10.8. The molecule has 0 atom stereocenters. The number of aromatic nitrogens is 2. The molecule has 0 unspecified atom stereocenters. The SMILES string of the molecule is Cc1cc(NC(=O)c2ccc(Cl)cn2)cc(C)n1. The highest BCUT2D eigenvalue weighted by Gasteiger charge is 2.08. The zero-order chi connectivity index (χ0) is 13.1. The van der Waals surface area contributed by atoms with E-state index in [1.807, 2.05) is 13.8 Å². The van der Waals surface area contributed by atoms with Gasteiger partial charge in [0.1, 0.15) is 5.69 Å². The maximum atomic E-state index is 11.9. The molecule has 0 aliphatic heterocycles. The first-order valence-corrected chi connectivity index (χ1v) is 5.80. The van der Waals surface area contributed by atoms with Gasteiger partial charge in [-0.25, -0.2) is 4.98 Å². The predicted octanol–water partition coefficient (Wildman–Crippen LogP) is 3.00. The van der Waals surface area contributed by atoms with Crippen LogP contribution >= 0.6 is 11.6 Å². The molecular formula is C13H12ClN3O. The zero-order valence-electron chi connectivity index (χ0n) is 10.1. The average Bonchev–Trinajstić information content (AvgIpc) is 2.28. The lowest BCUT2D eigenvalue weighted by atomic mass is 10.2. The van der Waals surface area contributed by atoms with E-state index in [4.69, 9.17) is 11.6 Å². The maximum absolute atomic E-state index is 11.9. The second kappa shape index (κ2) is 5.14. The van der Waals surface area contributed by atoms with E-state index in [9.17, 15) is 4.79 Å². The number of nitrogens with zero attached hydrogens (tertiary/aromatic N) is 2. The molecule has 0 aromatic carbocycles. The summed E-state index contributed by atoms with van der Waals surface area (Å²) in [4.78, 5) is 20.1. The number of nitrogens with one attached hydrogen (secondary N) is 1. The van der Waals surface area contributed by atoms with Crippen LogP contribution in [0.5, 0.6) is 0 Å². The van der Waals surface area contributed by atoms with E-state index in [0.29, 0.717) is 16.4 Å². The van der Waals surface area contributed by atoms with Gasteiger partial charge in [0.05, 0.1) is 5.02 Å². The number of carbonyl (C=O) groups is 1. The molecule has 0 spiro atoms. The van der Waals surface area contributed by atoms with Crippen LogP contribution in [0.1, 0.15) is 21.9 Å². The first kappa shape index (κ1) is 12.5. The number of carbonyl (C=O) groups excluding carboxylic acids is 1. The van der Waals surface area contributed by atoms with Crippen LogP contribution in [-0.4, -0.2) is 15.9 Å². The number of hydrogen-bond donors (Lipinski definition) is 1. The Labute approximate surface area is 110 Å². The van der Waals surface area contributed by atoms with Gasteiger partial charge in [0.25, 0.3) is 5.91 Å². The van der Waals surface area contributed by atoms with Crippen molar-refractivity contribution < 1.29 is 4.79 Å². The smallest absolute Gasteiger partial charge is 0.274 e. The summed E-state index contributed by atoms with van der Waals surface area (Å²) in [5.74, 6) is -0.267. The molecule has 18 heavy (non-hydrogen) atoms. The lowest BCUT2D eigenvalue weighted by Crippen LogP contribution is -2.13. The second-order valence-corrected chi connectivity index (χ2v) is 4.39. The molecule has 0 aliphatic carbocycles. The fraction of sp³-hybridized carbons (Fsp3) is 0.154. The molecule has 0 aliphatic rings. The van der Waals surface area contributed by atoms with Crippen LogP contribution in [0, 0.1) is 13.8 Å². The van der Waals surface area contributed by atoms with Crippen molar-refractivity contribution in [2.45, 2.75) is 13.8 Å². The van der Waals surface area contributed by atoms with Crippen molar-refractivity contribution in [1.82, 2.24) is 9.97 Å². The summed E-state index contributed by atoms with van der Waals surface area (Å²) >= 11 is 5.72. The largest absolute Gasteiger partial charge is 0.321 e. The van der Waals surface area contributed by atoms with Crippen molar-refractivity contribution in [3.63, 3.8) is 0 Å². The Bertz CT molecular complexity index is 561. The van der Waals surface area contributed by atoms with Gasteiger partial charge in [0.2, 0.25) is 0 Å². The summed E-state index contributed by atoms with van der Waals surface area (Å²) < 4.78 is 0. The number of hydrogen-bond acceptors (Lipinski definition) is 3. The Morgan fingerprint density at radius 3 is 2.44 bits per heavy atom. The van der Waals surface area contributed by atoms with Gasteiger partial charge < -0.3 is 5.32 Å². The molecular weight excluding hydrogens is 250 g/mol. The molecule has 92 valence electrons. The minimum Gasteiger partial charge on any atom is -0.321 e. The molecule has 1 N–H and O–H groups in total. The summed E-state index contributed by atoms with van der Waals surface area (Å²) in [6, 6.07) is 6.83. The quantitative estimate of drug-likeness (QED) is 0.904. The third-order valence-electron chi connectivity index (χ3n) is 2.30. The summed E-state index contributed by atoms with van der Waals surface area (Å²) in [5.41, 5.74) is 2.75. The first-order valence-electron chi connectivity index (χ1n) is 5.43. The molecule has 5 heteroatoms. The highest BCUT2D eigenvalue weighted by atomic mass is 35.5. The van der Waals surface area contributed by atoms with Crippen LogP contribution in [0.25, 0.3) is 0 Å². The van der Waals surface area contributed by atoms with Crippen molar-refractivity contribution in [1.29, 1.82) is 0 Å². The number of rotatable bonds is 2. The van der Waals surface area contributed by atoms with Crippen molar-refractivity contribution in [2.75, 3.05) is 5.32 Å². The molecule has 2 heterocycles. The fourth-order valence-corrected chi connectivity index (χ4v) is 1.72. The van der Waals surface area contributed by atoms with Gasteiger partial charge in [-0.2, -0.15) is 0 Å². The van der Waals surface area contributed by atoms with E-state index < -0.39 is 0 Å². The molecule has 0 bridgehead atoms. The minimum absolute atomic E-state index is 0.267. The van der Waals surface area contributed by atoms with E-state index in [0.717, 1.165) is 11.4 Å². The van der Waals surface area contributed by atoms with Crippen LogP contribution in [0.3, 0.4) is 0 Å². The van der Waals surface area contributed by atoms with Gasteiger partial charge >= 0.3 is 0 Å². The van der Waals surface area contributed by atoms with Gasteiger partial charge in [-0.3, -0.25) is 9.78 Å². The van der Waals surface area contributed by atoms with Crippen molar-refractivity contribution in [3.05, 3.63) is 52.6 Å². The fourth-order valence-electron chi connectivity index (χ4n) is 1.61. The van der Waals surface area contributed by atoms with Gasteiger partial charge in [-0.15, -0.1) is 0 Å². The topological polar surface area (TPSA) is 54.9 Å². The van der Waals surface area contributed by atoms with Crippen molar-refractivity contribution in [3.8, 4) is 0 Å². The molecule has 4 nitrogen and oxygen atoms in total. The molecule has 0 saturated heterocycles. The summed E-state index contributed by atoms with van der Waals surface area (Å²) in [7, 11) is 0. The summed E-state index contributed by atoms with van der Waals surface area (Å²) in [5, 5.41) is 3.28.